The van der Waals surface area contributed by atoms with E-state index in [1.54, 1.807) is 12.1 Å². The summed E-state index contributed by atoms with van der Waals surface area (Å²) >= 11 is 0. The van der Waals surface area contributed by atoms with Crippen molar-refractivity contribution in [2.45, 2.75) is 103 Å². The first-order valence-corrected chi connectivity index (χ1v) is 13.8. The second kappa shape index (κ2) is 10.9. The van der Waals surface area contributed by atoms with Crippen LogP contribution in [0.5, 0.6) is 0 Å². The molecule has 0 radical (unpaired) electrons. The second-order valence-corrected chi connectivity index (χ2v) is 11.7. The maximum atomic E-state index is 13.8. The number of hydrogen-bond acceptors (Lipinski definition) is 2. The number of nitrogens with zero attached hydrogens (tertiary/aromatic N) is 2. The molecule has 33 heavy (non-hydrogen) atoms. The van der Waals surface area contributed by atoms with Crippen LogP contribution in [0.15, 0.2) is 30.5 Å². The maximum Gasteiger partial charge on any atom is 0.123 e. The van der Waals surface area contributed by atoms with Gasteiger partial charge in [-0.25, -0.2) is 4.39 Å². The van der Waals surface area contributed by atoms with Crippen molar-refractivity contribution < 1.29 is 4.39 Å². The van der Waals surface area contributed by atoms with E-state index in [2.05, 4.69) is 36.3 Å². The minimum Gasteiger partial charge on any atom is -0.375 e. The molecule has 0 N–H and O–H groups in total. The van der Waals surface area contributed by atoms with Crippen LogP contribution in [0.4, 0.5) is 4.39 Å². The lowest BCUT2D eigenvalue weighted by Crippen LogP contribution is -2.46. The highest BCUT2D eigenvalue weighted by molar-refractivity contribution is 5.26. The van der Waals surface area contributed by atoms with Gasteiger partial charge in [0, 0.05) is 24.8 Å². The smallest absolute Gasteiger partial charge is 0.123 e. The standard InChI is InChI=1S/C30H47FN2/c1-23-19-27(21-28(31)20-23)24(2)9-8-10-25(3)30(13-14-30)22-26(4)32-17-11-29(12-18-32)33-15-6-5-7-16-33/h19-21,24-25,29H,4-18,22H2,1-3H3/t24-,25?/m0/s1. The Hall–Kier alpha value is -1.35. The van der Waals surface area contributed by atoms with Crippen LogP contribution in [0.1, 0.15) is 102 Å². The minimum atomic E-state index is -0.0966. The summed E-state index contributed by atoms with van der Waals surface area (Å²) in [6.45, 7) is 16.3. The van der Waals surface area contributed by atoms with Crippen molar-refractivity contribution in [2.24, 2.45) is 11.3 Å². The summed E-state index contributed by atoms with van der Waals surface area (Å²) in [6.07, 6.45) is 14.5. The van der Waals surface area contributed by atoms with Gasteiger partial charge in [0.2, 0.25) is 0 Å². The quantitative estimate of drug-likeness (QED) is 0.358. The van der Waals surface area contributed by atoms with Crippen LogP contribution < -0.4 is 0 Å². The summed E-state index contributed by atoms with van der Waals surface area (Å²) in [5.41, 5.74) is 4.09. The van der Waals surface area contributed by atoms with Gasteiger partial charge in [-0.1, -0.05) is 45.8 Å². The van der Waals surface area contributed by atoms with Gasteiger partial charge in [-0.3, -0.25) is 0 Å². The summed E-state index contributed by atoms with van der Waals surface area (Å²) in [6, 6.07) is 6.31. The zero-order valence-corrected chi connectivity index (χ0v) is 21.6. The molecule has 2 saturated heterocycles. The highest BCUT2D eigenvalue weighted by Crippen LogP contribution is 2.57. The average Bonchev–Trinajstić information content (AvgIpc) is 3.59. The van der Waals surface area contributed by atoms with Gasteiger partial charge in [0.25, 0.3) is 0 Å². The summed E-state index contributed by atoms with van der Waals surface area (Å²) < 4.78 is 13.8. The lowest BCUT2D eigenvalue weighted by molar-refractivity contribution is 0.101. The fourth-order valence-electron chi connectivity index (χ4n) is 6.61. The number of piperidine rings is 2. The zero-order chi connectivity index (χ0) is 23.4. The predicted molar refractivity (Wildman–Crippen MR) is 138 cm³/mol. The highest BCUT2D eigenvalue weighted by atomic mass is 19.1. The van der Waals surface area contributed by atoms with Crippen LogP contribution in [0, 0.1) is 24.1 Å². The number of rotatable bonds is 10. The van der Waals surface area contributed by atoms with E-state index >= 15 is 0 Å². The molecule has 3 heteroatoms. The fourth-order valence-corrected chi connectivity index (χ4v) is 6.61. The van der Waals surface area contributed by atoms with E-state index in [0.717, 1.165) is 29.5 Å². The first-order chi connectivity index (χ1) is 15.9. The van der Waals surface area contributed by atoms with Gasteiger partial charge < -0.3 is 9.80 Å². The number of benzene rings is 1. The normalized spacial score (nSPS) is 23.3. The monoisotopic (exact) mass is 454 g/mol. The fraction of sp³-hybridized carbons (Fsp3) is 0.733. The molecule has 2 aliphatic heterocycles. The Labute approximate surface area is 202 Å². The summed E-state index contributed by atoms with van der Waals surface area (Å²) in [7, 11) is 0. The molecule has 2 nitrogen and oxygen atoms in total. The Morgan fingerprint density at radius 3 is 2.36 bits per heavy atom. The molecule has 0 aromatic heterocycles. The van der Waals surface area contributed by atoms with Crippen LogP contribution in [-0.2, 0) is 0 Å². The average molecular weight is 455 g/mol. The largest absolute Gasteiger partial charge is 0.375 e. The Kier molecular flexibility index (Phi) is 8.20. The van der Waals surface area contributed by atoms with Crippen molar-refractivity contribution in [2.75, 3.05) is 26.2 Å². The third-order valence-electron chi connectivity index (χ3n) is 9.22. The van der Waals surface area contributed by atoms with Crippen LogP contribution in [0.25, 0.3) is 0 Å². The second-order valence-electron chi connectivity index (χ2n) is 11.7. The number of hydrogen-bond donors (Lipinski definition) is 0. The molecule has 1 saturated carbocycles. The van der Waals surface area contributed by atoms with Gasteiger partial charge in [-0.05, 0) is 112 Å². The van der Waals surface area contributed by atoms with E-state index in [1.807, 2.05) is 6.92 Å². The lowest BCUT2D eigenvalue weighted by Gasteiger charge is -2.42. The van der Waals surface area contributed by atoms with Crippen molar-refractivity contribution in [3.63, 3.8) is 0 Å². The first kappa shape index (κ1) is 24.8. The van der Waals surface area contributed by atoms with Crippen LogP contribution in [0.3, 0.4) is 0 Å². The number of allylic oxidation sites excluding steroid dienone is 1. The van der Waals surface area contributed by atoms with E-state index < -0.39 is 0 Å². The Morgan fingerprint density at radius 2 is 1.73 bits per heavy atom. The van der Waals surface area contributed by atoms with Crippen LogP contribution >= 0.6 is 0 Å². The molecule has 0 spiro atoms. The molecule has 0 amide bonds. The summed E-state index contributed by atoms with van der Waals surface area (Å²) in [5.74, 6) is 1.08. The van der Waals surface area contributed by atoms with E-state index in [1.165, 1.54) is 96.1 Å². The molecule has 3 fully saturated rings. The van der Waals surface area contributed by atoms with Gasteiger partial charge >= 0.3 is 0 Å². The molecular weight excluding hydrogens is 407 g/mol. The molecular formula is C30H47FN2. The van der Waals surface area contributed by atoms with Crippen molar-refractivity contribution in [3.8, 4) is 0 Å². The molecule has 1 aromatic carbocycles. The number of likely N-dealkylation sites (tertiary alicyclic amines) is 2. The van der Waals surface area contributed by atoms with Gasteiger partial charge in [-0.2, -0.15) is 0 Å². The van der Waals surface area contributed by atoms with Gasteiger partial charge in [0.15, 0.2) is 0 Å². The molecule has 1 unspecified atom stereocenters. The van der Waals surface area contributed by atoms with E-state index in [4.69, 9.17) is 0 Å². The van der Waals surface area contributed by atoms with Crippen molar-refractivity contribution in [1.29, 1.82) is 0 Å². The van der Waals surface area contributed by atoms with Gasteiger partial charge in [0.05, 0.1) is 0 Å². The highest BCUT2D eigenvalue weighted by Gasteiger charge is 2.47. The molecule has 1 aliphatic carbocycles. The molecule has 2 atom stereocenters. The Morgan fingerprint density at radius 1 is 1.03 bits per heavy atom. The first-order valence-electron chi connectivity index (χ1n) is 13.8. The molecule has 2 heterocycles. The third kappa shape index (κ3) is 6.41. The predicted octanol–water partition coefficient (Wildman–Crippen LogP) is 7.68. The van der Waals surface area contributed by atoms with E-state index in [9.17, 15) is 4.39 Å². The molecule has 3 aliphatic rings. The Bertz CT molecular complexity index is 764. The molecule has 184 valence electrons. The minimum absolute atomic E-state index is 0.0966. The molecule has 4 rings (SSSR count). The zero-order valence-electron chi connectivity index (χ0n) is 21.6. The van der Waals surface area contributed by atoms with E-state index in [0.29, 0.717) is 11.3 Å². The number of aryl methyl sites for hydroxylation is 1. The Balaban J connectivity index is 1.19. The molecule has 1 aromatic rings. The van der Waals surface area contributed by atoms with Crippen LogP contribution in [0.2, 0.25) is 0 Å². The molecule has 0 bridgehead atoms. The summed E-state index contributed by atoms with van der Waals surface area (Å²) in [4.78, 5) is 5.38. The number of halogens is 1. The van der Waals surface area contributed by atoms with E-state index in [-0.39, 0.29) is 5.82 Å². The van der Waals surface area contributed by atoms with Gasteiger partial charge in [-0.15, -0.1) is 0 Å². The maximum absolute atomic E-state index is 13.8. The van der Waals surface area contributed by atoms with Crippen molar-refractivity contribution in [1.82, 2.24) is 9.80 Å². The topological polar surface area (TPSA) is 6.48 Å². The lowest BCUT2D eigenvalue weighted by atomic mass is 9.81. The van der Waals surface area contributed by atoms with Crippen LogP contribution in [-0.4, -0.2) is 42.0 Å². The van der Waals surface area contributed by atoms with Gasteiger partial charge in [0.1, 0.15) is 5.82 Å². The van der Waals surface area contributed by atoms with Crippen molar-refractivity contribution in [3.05, 3.63) is 47.4 Å². The SMILES string of the molecule is C=C(CC1(C(C)CCC[C@H](C)c2cc(C)cc(F)c2)CC1)N1CCC(N2CCCCC2)CC1. The van der Waals surface area contributed by atoms with Crippen molar-refractivity contribution >= 4 is 0 Å². The third-order valence-corrected chi connectivity index (χ3v) is 9.22. The summed E-state index contributed by atoms with van der Waals surface area (Å²) in [5, 5.41) is 0.